The van der Waals surface area contributed by atoms with Gasteiger partial charge in [0.2, 0.25) is 5.91 Å². The van der Waals surface area contributed by atoms with Crippen LogP contribution in [0.5, 0.6) is 0 Å². The molecule has 1 aliphatic heterocycles. The van der Waals surface area contributed by atoms with Crippen LogP contribution in [0, 0.1) is 0 Å². The lowest BCUT2D eigenvalue weighted by Crippen LogP contribution is -2.45. The lowest BCUT2D eigenvalue weighted by molar-refractivity contribution is -0.127. The van der Waals surface area contributed by atoms with Gasteiger partial charge in [0.15, 0.2) is 0 Å². The average molecular weight is 224 g/mol. The summed E-state index contributed by atoms with van der Waals surface area (Å²) in [6.07, 6.45) is 4.78. The Morgan fingerprint density at radius 3 is 2.31 bits per heavy atom. The van der Waals surface area contributed by atoms with Gasteiger partial charge in [0, 0.05) is 25.2 Å². The van der Waals surface area contributed by atoms with Crippen LogP contribution in [0.15, 0.2) is 0 Å². The fourth-order valence-corrected chi connectivity index (χ4v) is 2.35. The number of piperidine rings is 1. The third-order valence-corrected chi connectivity index (χ3v) is 3.37. The van der Waals surface area contributed by atoms with Crippen LogP contribution in [0.1, 0.15) is 39.0 Å². The van der Waals surface area contributed by atoms with Crippen molar-refractivity contribution < 1.29 is 9.59 Å². The molecule has 1 heterocycles. The van der Waals surface area contributed by atoms with E-state index in [0.29, 0.717) is 0 Å². The molecular formula is C12H20N2O2. The first-order valence-electron chi connectivity index (χ1n) is 6.18. The fraction of sp³-hybridized carbons (Fsp3) is 0.833. The smallest absolute Gasteiger partial charge is 0.227 e. The molecule has 0 aromatic rings. The van der Waals surface area contributed by atoms with Crippen molar-refractivity contribution in [1.29, 1.82) is 0 Å². The third-order valence-electron chi connectivity index (χ3n) is 3.37. The maximum Gasteiger partial charge on any atom is 0.227 e. The van der Waals surface area contributed by atoms with Crippen LogP contribution < -0.4 is 5.32 Å². The maximum atomic E-state index is 11.4. The number of ketones is 1. The molecule has 2 fully saturated rings. The summed E-state index contributed by atoms with van der Waals surface area (Å²) in [6, 6.07) is 1.11. The van der Waals surface area contributed by atoms with Gasteiger partial charge in [-0.05, 0) is 32.6 Å². The molecule has 0 bridgehead atoms. The molecule has 0 aromatic heterocycles. The van der Waals surface area contributed by atoms with Crippen LogP contribution in [0.3, 0.4) is 0 Å². The highest BCUT2D eigenvalue weighted by Crippen LogP contribution is 2.29. The van der Waals surface area contributed by atoms with E-state index in [0.717, 1.165) is 32.0 Å². The quantitative estimate of drug-likeness (QED) is 0.715. The summed E-state index contributed by atoms with van der Waals surface area (Å²) in [4.78, 5) is 24.7. The zero-order valence-electron chi connectivity index (χ0n) is 9.87. The topological polar surface area (TPSA) is 49.4 Å². The predicted octanol–water partition coefficient (Wildman–Crippen LogP) is 0.708. The number of carbonyl (C=O) groups excluding carboxylic acids is 2. The van der Waals surface area contributed by atoms with Crippen LogP contribution in [-0.4, -0.2) is 41.8 Å². The highest BCUT2D eigenvalue weighted by molar-refractivity contribution is 5.96. The molecule has 1 saturated heterocycles. The van der Waals surface area contributed by atoms with Gasteiger partial charge in [-0.25, -0.2) is 0 Å². The van der Waals surface area contributed by atoms with Gasteiger partial charge in [-0.15, -0.1) is 0 Å². The standard InChI is InChI=1S/C12H20N2O2/c1-9(15)8-12(16)13-10-4-6-14(7-5-10)11-2-3-11/h10-11H,2-8H2,1H3,(H,13,16). The Balaban J connectivity index is 1.68. The molecule has 4 heteroatoms. The van der Waals surface area contributed by atoms with Gasteiger partial charge in [0.1, 0.15) is 5.78 Å². The molecule has 0 spiro atoms. The van der Waals surface area contributed by atoms with E-state index in [1.807, 2.05) is 0 Å². The molecule has 1 amide bonds. The first-order valence-corrected chi connectivity index (χ1v) is 6.18. The van der Waals surface area contributed by atoms with E-state index >= 15 is 0 Å². The zero-order valence-corrected chi connectivity index (χ0v) is 9.87. The number of rotatable bonds is 4. The largest absolute Gasteiger partial charge is 0.353 e. The van der Waals surface area contributed by atoms with Crippen molar-refractivity contribution in [3.63, 3.8) is 0 Å². The summed E-state index contributed by atoms with van der Waals surface area (Å²) >= 11 is 0. The molecule has 4 nitrogen and oxygen atoms in total. The molecule has 2 aliphatic rings. The van der Waals surface area contributed by atoms with Crippen molar-refractivity contribution >= 4 is 11.7 Å². The second-order valence-corrected chi connectivity index (χ2v) is 4.99. The number of likely N-dealkylation sites (tertiary alicyclic amines) is 1. The minimum atomic E-state index is -0.114. The summed E-state index contributed by atoms with van der Waals surface area (Å²) in [7, 11) is 0. The summed E-state index contributed by atoms with van der Waals surface area (Å²) in [5.74, 6) is -0.176. The van der Waals surface area contributed by atoms with E-state index < -0.39 is 0 Å². The molecule has 1 aliphatic carbocycles. The molecule has 1 N–H and O–H groups in total. The van der Waals surface area contributed by atoms with Crippen molar-refractivity contribution in [1.82, 2.24) is 10.2 Å². The Bertz CT molecular complexity index is 279. The Morgan fingerprint density at radius 2 is 1.81 bits per heavy atom. The van der Waals surface area contributed by atoms with E-state index in [1.165, 1.54) is 19.8 Å². The number of Topliss-reactive ketones (excluding diaryl/α,β-unsaturated/α-hetero) is 1. The van der Waals surface area contributed by atoms with Crippen molar-refractivity contribution in [3.8, 4) is 0 Å². The SMILES string of the molecule is CC(=O)CC(=O)NC1CCN(C2CC2)CC1. The van der Waals surface area contributed by atoms with E-state index in [2.05, 4.69) is 10.2 Å². The van der Waals surface area contributed by atoms with E-state index in [-0.39, 0.29) is 24.2 Å². The number of amides is 1. The van der Waals surface area contributed by atoms with E-state index in [1.54, 1.807) is 0 Å². The molecule has 0 aromatic carbocycles. The second-order valence-electron chi connectivity index (χ2n) is 4.99. The Kier molecular flexibility index (Phi) is 3.59. The molecule has 2 rings (SSSR count). The molecule has 0 atom stereocenters. The first kappa shape index (κ1) is 11.6. The summed E-state index contributed by atoms with van der Waals surface area (Å²) in [5.41, 5.74) is 0. The summed E-state index contributed by atoms with van der Waals surface area (Å²) in [5, 5.41) is 2.94. The van der Waals surface area contributed by atoms with E-state index in [4.69, 9.17) is 0 Å². The van der Waals surface area contributed by atoms with Crippen LogP contribution in [0.25, 0.3) is 0 Å². The highest BCUT2D eigenvalue weighted by atomic mass is 16.2. The lowest BCUT2D eigenvalue weighted by atomic mass is 10.0. The van der Waals surface area contributed by atoms with Gasteiger partial charge >= 0.3 is 0 Å². The van der Waals surface area contributed by atoms with Crippen molar-refractivity contribution in [2.75, 3.05) is 13.1 Å². The number of hydrogen-bond acceptors (Lipinski definition) is 3. The molecular weight excluding hydrogens is 204 g/mol. The van der Waals surface area contributed by atoms with Crippen molar-refractivity contribution in [2.45, 2.75) is 51.1 Å². The van der Waals surface area contributed by atoms with Crippen LogP contribution >= 0.6 is 0 Å². The normalized spacial score (nSPS) is 23.1. The Hall–Kier alpha value is -0.900. The molecule has 16 heavy (non-hydrogen) atoms. The minimum absolute atomic E-state index is 0.0306. The summed E-state index contributed by atoms with van der Waals surface area (Å²) in [6.45, 7) is 3.64. The van der Waals surface area contributed by atoms with Crippen molar-refractivity contribution in [2.24, 2.45) is 0 Å². The highest BCUT2D eigenvalue weighted by Gasteiger charge is 2.32. The van der Waals surface area contributed by atoms with Crippen LogP contribution in [0.2, 0.25) is 0 Å². The Labute approximate surface area is 96.4 Å². The first-order chi connectivity index (χ1) is 7.65. The third kappa shape index (κ3) is 3.30. The molecule has 0 unspecified atom stereocenters. The van der Waals surface area contributed by atoms with Gasteiger partial charge in [0.25, 0.3) is 0 Å². The average Bonchev–Trinajstić information content (AvgIpc) is 3.00. The minimum Gasteiger partial charge on any atom is -0.353 e. The molecule has 1 saturated carbocycles. The van der Waals surface area contributed by atoms with Gasteiger partial charge in [0.05, 0.1) is 6.42 Å². The van der Waals surface area contributed by atoms with E-state index in [9.17, 15) is 9.59 Å². The number of hydrogen-bond donors (Lipinski definition) is 1. The number of carbonyl (C=O) groups is 2. The Morgan fingerprint density at radius 1 is 1.19 bits per heavy atom. The molecule has 90 valence electrons. The number of nitrogens with zero attached hydrogens (tertiary/aromatic N) is 1. The van der Waals surface area contributed by atoms with Gasteiger partial charge in [-0.1, -0.05) is 0 Å². The maximum absolute atomic E-state index is 11.4. The van der Waals surface area contributed by atoms with Crippen molar-refractivity contribution in [3.05, 3.63) is 0 Å². The fourth-order valence-electron chi connectivity index (χ4n) is 2.35. The second kappa shape index (κ2) is 4.95. The van der Waals surface area contributed by atoms with Crippen LogP contribution in [-0.2, 0) is 9.59 Å². The monoisotopic (exact) mass is 224 g/mol. The van der Waals surface area contributed by atoms with Crippen LogP contribution in [0.4, 0.5) is 0 Å². The predicted molar refractivity (Wildman–Crippen MR) is 61.1 cm³/mol. The number of nitrogens with one attached hydrogen (secondary N) is 1. The summed E-state index contributed by atoms with van der Waals surface area (Å²) < 4.78 is 0. The van der Waals surface area contributed by atoms with Gasteiger partial charge in [-0.3, -0.25) is 9.59 Å². The molecule has 0 radical (unpaired) electrons. The van der Waals surface area contributed by atoms with Gasteiger partial charge in [-0.2, -0.15) is 0 Å². The lowest BCUT2D eigenvalue weighted by Gasteiger charge is -2.32. The zero-order chi connectivity index (χ0) is 11.5. The van der Waals surface area contributed by atoms with Gasteiger partial charge < -0.3 is 10.2 Å².